The maximum Gasteiger partial charge on any atom is 0.344 e. The summed E-state index contributed by atoms with van der Waals surface area (Å²) in [7, 11) is 0. The minimum atomic E-state index is -1.07. The van der Waals surface area contributed by atoms with E-state index in [4.69, 9.17) is 9.15 Å². The van der Waals surface area contributed by atoms with E-state index in [9.17, 15) is 14.7 Å². The Balaban J connectivity index is 2.25. The van der Waals surface area contributed by atoms with E-state index in [1.54, 1.807) is 68.4 Å². The van der Waals surface area contributed by atoms with Crippen molar-refractivity contribution in [2.45, 2.75) is 25.9 Å². The summed E-state index contributed by atoms with van der Waals surface area (Å²) in [6.07, 6.45) is -0.353. The summed E-state index contributed by atoms with van der Waals surface area (Å²) >= 11 is 0. The van der Waals surface area contributed by atoms with Gasteiger partial charge in [0, 0.05) is 0 Å². The molecule has 0 fully saturated rings. The van der Waals surface area contributed by atoms with E-state index in [2.05, 4.69) is 0 Å². The Hall–Kier alpha value is -3.08. The molecule has 1 heterocycles. The number of benzene rings is 2. The Morgan fingerprint density at radius 3 is 2.36 bits per heavy atom. The summed E-state index contributed by atoms with van der Waals surface area (Å²) in [4.78, 5) is 25.2. The fourth-order valence-corrected chi connectivity index (χ4v) is 2.77. The van der Waals surface area contributed by atoms with E-state index < -0.39 is 17.5 Å². The van der Waals surface area contributed by atoms with Crippen LogP contribution in [-0.4, -0.2) is 17.2 Å². The first-order valence-corrected chi connectivity index (χ1v) is 7.99. The molecule has 0 amide bonds. The standard InChI is InChI=1S/C20H18O5/c1-12(2)24-19(22)16(13-8-4-3-5-9-13)17-18(21)14-10-6-7-11-15(14)25-20(17)23/h3-12,16,21H,1-2H3. The van der Waals surface area contributed by atoms with Gasteiger partial charge in [-0.25, -0.2) is 4.79 Å². The van der Waals surface area contributed by atoms with Crippen LogP contribution < -0.4 is 5.63 Å². The van der Waals surface area contributed by atoms with Crippen molar-refractivity contribution in [2.75, 3.05) is 0 Å². The van der Waals surface area contributed by atoms with E-state index in [1.165, 1.54) is 0 Å². The van der Waals surface area contributed by atoms with E-state index in [1.807, 2.05) is 0 Å². The number of carbonyl (C=O) groups excluding carboxylic acids is 1. The highest BCUT2D eigenvalue weighted by molar-refractivity contribution is 5.89. The third kappa shape index (κ3) is 3.26. The van der Waals surface area contributed by atoms with Crippen LogP contribution in [-0.2, 0) is 9.53 Å². The molecule has 0 saturated carbocycles. The molecule has 3 rings (SSSR count). The summed E-state index contributed by atoms with van der Waals surface area (Å²) in [6, 6.07) is 15.4. The second-order valence-electron chi connectivity index (χ2n) is 5.98. The number of rotatable bonds is 4. The number of esters is 1. The first-order chi connectivity index (χ1) is 12.0. The van der Waals surface area contributed by atoms with Crippen LogP contribution in [0.25, 0.3) is 11.0 Å². The average Bonchev–Trinajstić information content (AvgIpc) is 2.58. The predicted octanol–water partition coefficient (Wildman–Crippen LogP) is 3.58. The fourth-order valence-electron chi connectivity index (χ4n) is 2.77. The van der Waals surface area contributed by atoms with Crippen LogP contribution in [0.4, 0.5) is 0 Å². The molecular formula is C20H18O5. The average molecular weight is 338 g/mol. The highest BCUT2D eigenvalue weighted by atomic mass is 16.5. The van der Waals surface area contributed by atoms with Crippen LogP contribution in [0.1, 0.15) is 30.9 Å². The van der Waals surface area contributed by atoms with Crippen molar-refractivity contribution >= 4 is 16.9 Å². The Morgan fingerprint density at radius 1 is 1.04 bits per heavy atom. The summed E-state index contributed by atoms with van der Waals surface area (Å²) in [5.41, 5.74) is -0.0647. The SMILES string of the molecule is CC(C)OC(=O)C(c1ccccc1)c1c(O)c2ccccc2oc1=O. The molecule has 5 heteroatoms. The van der Waals surface area contributed by atoms with Gasteiger partial charge >= 0.3 is 11.6 Å². The van der Waals surface area contributed by atoms with Crippen molar-refractivity contribution in [1.82, 2.24) is 0 Å². The van der Waals surface area contributed by atoms with Crippen molar-refractivity contribution in [1.29, 1.82) is 0 Å². The first kappa shape index (κ1) is 16.8. The third-order valence-corrected chi connectivity index (χ3v) is 3.83. The third-order valence-electron chi connectivity index (χ3n) is 3.83. The lowest BCUT2D eigenvalue weighted by atomic mass is 9.91. The van der Waals surface area contributed by atoms with Gasteiger partial charge in [0.1, 0.15) is 17.3 Å². The zero-order valence-corrected chi connectivity index (χ0v) is 13.9. The van der Waals surface area contributed by atoms with Gasteiger partial charge in [0.2, 0.25) is 0 Å². The maximum atomic E-state index is 12.7. The van der Waals surface area contributed by atoms with Crippen molar-refractivity contribution in [3.8, 4) is 5.75 Å². The molecule has 1 N–H and O–H groups in total. The lowest BCUT2D eigenvalue weighted by molar-refractivity contribution is -0.148. The molecule has 1 aromatic heterocycles. The smallest absolute Gasteiger partial charge is 0.344 e. The lowest BCUT2D eigenvalue weighted by Gasteiger charge is -2.19. The minimum absolute atomic E-state index is 0.115. The molecule has 0 spiro atoms. The Morgan fingerprint density at radius 2 is 1.68 bits per heavy atom. The summed E-state index contributed by atoms with van der Waals surface area (Å²) in [5.74, 6) is -1.94. The molecule has 5 nitrogen and oxygen atoms in total. The molecule has 0 saturated heterocycles. The van der Waals surface area contributed by atoms with E-state index in [-0.39, 0.29) is 23.0 Å². The second-order valence-corrected chi connectivity index (χ2v) is 5.98. The van der Waals surface area contributed by atoms with Gasteiger partial charge in [-0.1, -0.05) is 42.5 Å². The molecule has 25 heavy (non-hydrogen) atoms. The molecule has 1 unspecified atom stereocenters. The van der Waals surface area contributed by atoms with Gasteiger partial charge in [0.25, 0.3) is 0 Å². The van der Waals surface area contributed by atoms with Crippen LogP contribution in [0.2, 0.25) is 0 Å². The molecule has 2 aromatic carbocycles. The molecule has 0 aliphatic heterocycles. The highest BCUT2D eigenvalue weighted by Crippen LogP contribution is 2.35. The number of hydrogen-bond donors (Lipinski definition) is 1. The molecule has 0 bridgehead atoms. The minimum Gasteiger partial charge on any atom is -0.507 e. The summed E-state index contributed by atoms with van der Waals surface area (Å²) < 4.78 is 10.6. The van der Waals surface area contributed by atoms with Gasteiger partial charge < -0.3 is 14.3 Å². The van der Waals surface area contributed by atoms with Gasteiger partial charge in [-0.2, -0.15) is 0 Å². The topological polar surface area (TPSA) is 76.7 Å². The lowest BCUT2D eigenvalue weighted by Crippen LogP contribution is -2.25. The van der Waals surface area contributed by atoms with Crippen molar-refractivity contribution < 1.29 is 19.1 Å². The van der Waals surface area contributed by atoms with E-state index >= 15 is 0 Å². The zero-order valence-electron chi connectivity index (χ0n) is 13.9. The number of fused-ring (bicyclic) bond motifs is 1. The van der Waals surface area contributed by atoms with Gasteiger partial charge in [0.15, 0.2) is 0 Å². The monoisotopic (exact) mass is 338 g/mol. The van der Waals surface area contributed by atoms with Gasteiger partial charge in [-0.15, -0.1) is 0 Å². The largest absolute Gasteiger partial charge is 0.507 e. The maximum absolute atomic E-state index is 12.7. The van der Waals surface area contributed by atoms with Gasteiger partial charge in [-0.05, 0) is 31.5 Å². The van der Waals surface area contributed by atoms with Crippen LogP contribution in [0.3, 0.4) is 0 Å². The van der Waals surface area contributed by atoms with Crippen LogP contribution in [0.15, 0.2) is 63.8 Å². The van der Waals surface area contributed by atoms with Gasteiger partial charge in [-0.3, -0.25) is 4.79 Å². The number of carbonyl (C=O) groups is 1. The summed E-state index contributed by atoms with van der Waals surface area (Å²) in [6.45, 7) is 3.45. The highest BCUT2D eigenvalue weighted by Gasteiger charge is 2.32. The normalized spacial score (nSPS) is 12.3. The number of ether oxygens (including phenoxy) is 1. The number of hydrogen-bond acceptors (Lipinski definition) is 5. The Labute approximate surface area is 144 Å². The van der Waals surface area contributed by atoms with E-state index in [0.29, 0.717) is 10.9 Å². The van der Waals surface area contributed by atoms with Crippen LogP contribution in [0.5, 0.6) is 5.75 Å². The van der Waals surface area contributed by atoms with Crippen molar-refractivity contribution in [3.05, 3.63) is 76.1 Å². The quantitative estimate of drug-likeness (QED) is 0.581. The second kappa shape index (κ2) is 6.81. The van der Waals surface area contributed by atoms with Gasteiger partial charge in [0.05, 0.1) is 17.1 Å². The van der Waals surface area contributed by atoms with Crippen LogP contribution in [0, 0.1) is 0 Å². The van der Waals surface area contributed by atoms with Crippen molar-refractivity contribution in [2.24, 2.45) is 0 Å². The predicted molar refractivity (Wildman–Crippen MR) is 93.7 cm³/mol. The number of aromatic hydroxyl groups is 1. The Bertz CT molecular complexity index is 957. The molecule has 1 atom stereocenters. The molecular weight excluding hydrogens is 320 g/mol. The molecule has 128 valence electrons. The number of para-hydroxylation sites is 1. The first-order valence-electron chi connectivity index (χ1n) is 7.99. The van der Waals surface area contributed by atoms with Crippen LogP contribution >= 0.6 is 0 Å². The van der Waals surface area contributed by atoms with Crippen molar-refractivity contribution in [3.63, 3.8) is 0 Å². The molecule has 0 radical (unpaired) electrons. The molecule has 0 aliphatic carbocycles. The van der Waals surface area contributed by atoms with E-state index in [0.717, 1.165) is 0 Å². The Kier molecular flexibility index (Phi) is 4.57. The molecule has 0 aliphatic rings. The summed E-state index contributed by atoms with van der Waals surface area (Å²) in [5, 5.41) is 11.0. The fraction of sp³-hybridized carbons (Fsp3) is 0.200. The molecule has 3 aromatic rings. The zero-order chi connectivity index (χ0) is 18.0.